The number of carbonyl (C=O) groups is 2. The zero-order valence-electron chi connectivity index (χ0n) is 20.6. The fraction of sp³-hybridized carbons (Fsp3) is 0.727. The predicted molar refractivity (Wildman–Crippen MR) is 148 cm³/mol. The first-order valence-corrected chi connectivity index (χ1v) is 17.8. The third-order valence-electron chi connectivity index (χ3n) is 4.59. The molecule has 2 rings (SSSR count). The normalized spacial score (nSPS) is 24.6. The molecule has 216 valence electrons. The van der Waals surface area contributed by atoms with Crippen molar-refractivity contribution in [2.24, 2.45) is 0 Å². The second kappa shape index (κ2) is 20.1. The molecule has 4 unspecified atom stereocenters. The summed E-state index contributed by atoms with van der Waals surface area (Å²) in [6, 6.07) is 0. The van der Waals surface area contributed by atoms with Crippen LogP contribution in [-0.2, 0) is 51.9 Å². The molecule has 1 heterocycles. The minimum atomic E-state index is -3.00. The number of carbonyl (C=O) groups excluding carboxylic acids is 2. The third-order valence-corrected chi connectivity index (χ3v) is 6.41. The van der Waals surface area contributed by atoms with Crippen LogP contribution in [0.1, 0.15) is 58.8 Å². The van der Waals surface area contributed by atoms with Crippen molar-refractivity contribution >= 4 is 49.3 Å². The molecule has 1 aliphatic heterocycles. The predicted octanol–water partition coefficient (Wildman–Crippen LogP) is 4.65. The summed E-state index contributed by atoms with van der Waals surface area (Å²) in [5, 5.41) is 4.68. The lowest BCUT2D eigenvalue weighted by molar-refractivity contribution is -0.180. The Balaban J connectivity index is 0.000000682. The number of rotatable bonds is 8. The molecule has 0 radical (unpaired) electrons. The molecule has 1 aliphatic carbocycles. The monoisotopic (exact) mass is 602 g/mol. The summed E-state index contributed by atoms with van der Waals surface area (Å²) in [5.41, 5.74) is 0. The minimum absolute atomic E-state index is 0. The van der Waals surface area contributed by atoms with Gasteiger partial charge in [-0.2, -0.15) is 0 Å². The minimum Gasteiger partial charge on any atom is -0.801 e. The Labute approximate surface area is 230 Å². The Bertz CT molecular complexity index is 752. The maximum Gasteiger partial charge on any atom is 0.411 e. The van der Waals surface area contributed by atoms with E-state index in [0.717, 1.165) is 44.9 Å². The van der Waals surface area contributed by atoms with Crippen molar-refractivity contribution in [1.29, 1.82) is 0 Å². The van der Waals surface area contributed by atoms with Crippen molar-refractivity contribution in [2.75, 3.05) is 33.4 Å². The van der Waals surface area contributed by atoms with Crippen molar-refractivity contribution in [3.8, 4) is 0 Å². The first kappa shape index (κ1) is 36.1. The van der Waals surface area contributed by atoms with Crippen LogP contribution in [0.25, 0.3) is 0 Å². The van der Waals surface area contributed by atoms with E-state index in [1.54, 1.807) is 0 Å². The van der Waals surface area contributed by atoms with Gasteiger partial charge in [0.2, 0.25) is 6.29 Å². The average Bonchev–Trinajstić information content (AvgIpc) is 2.70. The van der Waals surface area contributed by atoms with Crippen LogP contribution in [0.4, 0.5) is 9.59 Å². The van der Waals surface area contributed by atoms with E-state index in [1.165, 1.54) is 13.3 Å². The molecule has 2 N–H and O–H groups in total. The quantitative estimate of drug-likeness (QED) is 0.173. The van der Waals surface area contributed by atoms with Crippen LogP contribution in [0.15, 0.2) is 24.3 Å². The fourth-order valence-corrected chi connectivity index (χ4v) is 3.84. The summed E-state index contributed by atoms with van der Waals surface area (Å²) in [6.07, 6.45) is 13.4. The molecule has 15 heteroatoms. The Hall–Kier alpha value is -0.910. The summed E-state index contributed by atoms with van der Waals surface area (Å²) in [4.78, 5) is 33.9. The van der Waals surface area contributed by atoms with E-state index in [0.29, 0.717) is 13.0 Å². The van der Waals surface area contributed by atoms with Gasteiger partial charge in [0.25, 0.3) is 0 Å². The lowest BCUT2D eigenvalue weighted by atomic mass is 10.0. The zero-order valence-corrected chi connectivity index (χ0v) is 24.0. The van der Waals surface area contributed by atoms with Gasteiger partial charge in [0.1, 0.15) is 19.6 Å². The first-order valence-electron chi connectivity index (χ1n) is 11.6. The van der Waals surface area contributed by atoms with E-state index >= 15 is 0 Å². The van der Waals surface area contributed by atoms with Gasteiger partial charge in [0.15, 0.2) is 0 Å². The second-order valence-corrected chi connectivity index (χ2v) is 15.6. The smallest absolute Gasteiger partial charge is 0.411 e. The topological polar surface area (TPSA) is 144 Å². The van der Waals surface area contributed by atoms with Gasteiger partial charge in [0.05, 0.1) is 13.2 Å². The molecule has 0 aromatic carbocycles. The number of alkyl carbamates (subject to hydrolysis) is 2. The number of nitrogens with one attached hydrogen (secondary N) is 2. The highest BCUT2D eigenvalue weighted by Gasteiger charge is 2.15. The Morgan fingerprint density at radius 3 is 2.19 bits per heavy atom. The van der Waals surface area contributed by atoms with Crippen LogP contribution in [0.3, 0.4) is 0 Å². The van der Waals surface area contributed by atoms with Crippen molar-refractivity contribution in [3.63, 3.8) is 0 Å². The van der Waals surface area contributed by atoms with Gasteiger partial charge in [-0.05, 0) is 64.8 Å². The van der Waals surface area contributed by atoms with E-state index in [-0.39, 0.29) is 27.0 Å². The lowest BCUT2D eigenvalue weighted by Gasteiger charge is -2.23. The standard InChI is InChI=1S/C11H20NO4PS.C10H18NO5PS.CH4/c1-17(14,18)15-9-12-11(13)16-10-7-5-3-2-4-6-8-10;1-17(13,18)15-8-11-10(12)16-9-6-4-2-3-5-7-14-9;/h2-3,10H,4-9H2,1H3,(H,12,13)(H,14,18);2-3,9H,4-8H2,1H3,(H,11,12)(H,13,18);1H4/p-2/b2*3-2+;. The van der Waals surface area contributed by atoms with Crippen molar-refractivity contribution in [1.82, 2.24) is 10.6 Å². The fourth-order valence-electron chi connectivity index (χ4n) is 2.93. The molecule has 0 spiro atoms. The van der Waals surface area contributed by atoms with E-state index in [9.17, 15) is 19.0 Å². The maximum absolute atomic E-state index is 11.4. The van der Waals surface area contributed by atoms with Crippen LogP contribution in [0.2, 0.25) is 0 Å². The van der Waals surface area contributed by atoms with Crippen molar-refractivity contribution in [2.45, 2.75) is 71.2 Å². The molecular weight excluding hydrogens is 562 g/mol. The third kappa shape index (κ3) is 22.8. The van der Waals surface area contributed by atoms with Crippen LogP contribution >= 0.6 is 13.1 Å². The first-order chi connectivity index (χ1) is 16.9. The largest absolute Gasteiger partial charge is 0.801 e. The molecule has 2 aliphatic rings. The molecule has 37 heavy (non-hydrogen) atoms. The number of ether oxygens (including phenoxy) is 3. The average molecular weight is 603 g/mol. The van der Waals surface area contributed by atoms with Crippen molar-refractivity contribution in [3.05, 3.63) is 24.3 Å². The van der Waals surface area contributed by atoms with E-state index in [1.807, 2.05) is 12.2 Å². The van der Waals surface area contributed by atoms with Gasteiger partial charge in [-0.25, -0.2) is 9.59 Å². The summed E-state index contributed by atoms with van der Waals surface area (Å²) in [6.45, 7) is -3.27. The molecule has 0 bridgehead atoms. The van der Waals surface area contributed by atoms with Gasteiger partial charge in [-0.1, -0.05) is 43.5 Å². The van der Waals surface area contributed by atoms with E-state index < -0.39 is 31.5 Å². The number of amides is 2. The van der Waals surface area contributed by atoms with Crippen LogP contribution in [0, 0.1) is 0 Å². The van der Waals surface area contributed by atoms with Crippen LogP contribution in [-0.4, -0.2) is 58.0 Å². The Morgan fingerprint density at radius 1 is 0.973 bits per heavy atom. The molecule has 0 fully saturated rings. The van der Waals surface area contributed by atoms with Gasteiger partial charge in [0, 0.05) is 6.42 Å². The summed E-state index contributed by atoms with van der Waals surface area (Å²) in [7, 11) is 0. The summed E-state index contributed by atoms with van der Waals surface area (Å²) in [5.74, 6) is 0. The highest BCUT2D eigenvalue weighted by atomic mass is 32.7. The van der Waals surface area contributed by atoms with Gasteiger partial charge in [-0.3, -0.25) is 10.6 Å². The number of hydrogen-bond acceptors (Lipinski definition) is 11. The molecule has 0 saturated carbocycles. The van der Waals surface area contributed by atoms with Gasteiger partial charge < -0.3 is 45.0 Å². The van der Waals surface area contributed by atoms with Crippen LogP contribution in [0.5, 0.6) is 0 Å². The molecule has 0 aromatic rings. The SMILES string of the molecule is C.CP(=O)([S-])OCNC(=O)OC1CC/C=C/CCO1.CP([O-])(=S)OCNC(=O)OC1CC/C=C/CCC1. The highest BCUT2D eigenvalue weighted by Crippen LogP contribution is 2.38. The molecular formula is C22H40N2O9P2S2-2. The lowest BCUT2D eigenvalue weighted by Crippen LogP contribution is -2.32. The Morgan fingerprint density at radius 2 is 1.54 bits per heavy atom. The second-order valence-electron chi connectivity index (χ2n) is 7.99. The molecule has 11 nitrogen and oxygen atoms in total. The molecule has 4 atom stereocenters. The van der Waals surface area contributed by atoms with Crippen LogP contribution < -0.4 is 15.5 Å². The Kier molecular flexibility index (Phi) is 19.6. The highest BCUT2D eigenvalue weighted by molar-refractivity contribution is 8.34. The van der Waals surface area contributed by atoms with Gasteiger partial charge in [-0.15, -0.1) is 0 Å². The molecule has 2 amide bonds. The molecule has 0 aromatic heterocycles. The van der Waals surface area contributed by atoms with Crippen molar-refractivity contribution < 1.29 is 42.3 Å². The zero-order chi connectivity index (χ0) is 26.9. The number of allylic oxidation sites excluding steroid dienone is 3. The summed E-state index contributed by atoms with van der Waals surface area (Å²) >= 11 is 9.10. The molecule has 0 saturated heterocycles. The van der Waals surface area contributed by atoms with E-state index in [2.05, 4.69) is 46.8 Å². The van der Waals surface area contributed by atoms with E-state index in [4.69, 9.17) is 23.3 Å². The maximum atomic E-state index is 11.4. The van der Waals surface area contributed by atoms with Gasteiger partial charge >= 0.3 is 12.2 Å². The number of hydrogen-bond donors (Lipinski definition) is 2. The summed E-state index contributed by atoms with van der Waals surface area (Å²) < 4.78 is 36.2.